The van der Waals surface area contributed by atoms with E-state index < -0.39 is 23.7 Å². The van der Waals surface area contributed by atoms with Crippen LogP contribution in [0.5, 0.6) is 0 Å². The summed E-state index contributed by atoms with van der Waals surface area (Å²) in [7, 11) is 1.51. The topological polar surface area (TPSA) is 55.5 Å². The highest BCUT2D eigenvalue weighted by atomic mass is 32.2. The van der Waals surface area contributed by atoms with Gasteiger partial charge in [-0.1, -0.05) is 30.9 Å². The number of methoxy groups -OCH3 is 1. The van der Waals surface area contributed by atoms with Crippen LogP contribution in [0.1, 0.15) is 12.8 Å². The number of nitrogens with two attached hydrogens (primary N) is 1. The normalized spacial score (nSPS) is 22.1. The highest BCUT2D eigenvalue weighted by Crippen LogP contribution is 2.36. The molecule has 2 aliphatic rings. The van der Waals surface area contributed by atoms with Crippen LogP contribution in [0, 0.1) is 5.92 Å². The van der Waals surface area contributed by atoms with Crippen LogP contribution >= 0.6 is 11.8 Å². The molecule has 0 bridgehead atoms. The van der Waals surface area contributed by atoms with E-state index in [-0.39, 0.29) is 6.42 Å². The zero-order valence-corrected chi connectivity index (χ0v) is 15.9. The third kappa shape index (κ3) is 5.36. The lowest BCUT2D eigenvalue weighted by atomic mass is 9.88. The molecule has 6 heteroatoms. The third-order valence-electron chi connectivity index (χ3n) is 4.24. The first-order valence-corrected chi connectivity index (χ1v) is 9.53. The molecule has 1 aliphatic heterocycles. The van der Waals surface area contributed by atoms with Crippen LogP contribution in [0.4, 0.5) is 8.78 Å². The molecular formula is C21H23F2NO2S. The second-order valence-corrected chi connectivity index (χ2v) is 6.95. The number of ether oxygens (including phenoxy) is 1. The van der Waals surface area contributed by atoms with E-state index in [2.05, 4.69) is 12.3 Å². The lowest BCUT2D eigenvalue weighted by molar-refractivity contribution is 0.221. The fourth-order valence-electron chi connectivity index (χ4n) is 2.90. The molecular weight excluding hydrogens is 368 g/mol. The van der Waals surface area contributed by atoms with Gasteiger partial charge in [-0.15, -0.1) is 11.8 Å². The van der Waals surface area contributed by atoms with Crippen LogP contribution in [-0.4, -0.2) is 24.1 Å². The minimum Gasteiger partial charge on any atom is -0.496 e. The number of allylic oxidation sites excluding steroid dienone is 6. The predicted octanol–water partition coefficient (Wildman–Crippen LogP) is 4.74. The molecule has 0 saturated carbocycles. The number of hydrogen-bond acceptors (Lipinski definition) is 4. The Balaban J connectivity index is 2.48. The van der Waals surface area contributed by atoms with E-state index in [0.717, 1.165) is 17.7 Å². The Morgan fingerprint density at radius 3 is 2.89 bits per heavy atom. The number of aliphatic hydroxyl groups is 1. The number of halogens is 2. The van der Waals surface area contributed by atoms with Gasteiger partial charge in [0.2, 0.25) is 0 Å². The Bertz CT molecular complexity index is 799. The average molecular weight is 391 g/mol. The quantitative estimate of drug-likeness (QED) is 0.357. The molecule has 0 fully saturated rings. The molecule has 2 rings (SSSR count). The molecule has 3 nitrogen and oxygen atoms in total. The fraction of sp³-hybridized carbons (Fsp3) is 0.286. The highest BCUT2D eigenvalue weighted by Gasteiger charge is 2.27. The number of aliphatic hydroxyl groups excluding tert-OH is 1. The minimum atomic E-state index is -1.11. The summed E-state index contributed by atoms with van der Waals surface area (Å²) in [4.78, 5) is 0. The second kappa shape index (κ2) is 10.2. The maximum Gasteiger partial charge on any atom is 0.167 e. The van der Waals surface area contributed by atoms with Gasteiger partial charge in [-0.25, -0.2) is 4.39 Å². The van der Waals surface area contributed by atoms with Crippen molar-refractivity contribution < 1.29 is 18.6 Å². The molecule has 2 atom stereocenters. The molecule has 27 heavy (non-hydrogen) atoms. The summed E-state index contributed by atoms with van der Waals surface area (Å²) in [5.74, 6) is -0.794. The highest BCUT2D eigenvalue weighted by molar-refractivity contribution is 8.02. The van der Waals surface area contributed by atoms with E-state index in [1.807, 2.05) is 5.41 Å². The van der Waals surface area contributed by atoms with Crippen molar-refractivity contribution in [2.24, 2.45) is 11.7 Å². The zero-order chi connectivity index (χ0) is 19.8. The van der Waals surface area contributed by atoms with Gasteiger partial charge in [-0.05, 0) is 30.1 Å². The van der Waals surface area contributed by atoms with Crippen molar-refractivity contribution >= 4 is 11.8 Å². The summed E-state index contributed by atoms with van der Waals surface area (Å²) in [6.45, 7) is 3.60. The Hall–Kier alpha value is -2.27. The third-order valence-corrected chi connectivity index (χ3v) is 5.14. The first kappa shape index (κ1) is 21.0. The van der Waals surface area contributed by atoms with Crippen molar-refractivity contribution in [1.82, 2.24) is 0 Å². The molecule has 2 unspecified atom stereocenters. The van der Waals surface area contributed by atoms with E-state index in [1.165, 1.54) is 25.5 Å². The van der Waals surface area contributed by atoms with Crippen molar-refractivity contribution in [1.29, 1.82) is 0 Å². The minimum absolute atomic E-state index is 0.105. The van der Waals surface area contributed by atoms with Gasteiger partial charge in [-0.2, -0.15) is 4.39 Å². The van der Waals surface area contributed by atoms with Gasteiger partial charge in [0.1, 0.15) is 11.9 Å². The maximum atomic E-state index is 14.2. The van der Waals surface area contributed by atoms with Gasteiger partial charge in [0.25, 0.3) is 0 Å². The standard InChI is InChI=1S/C21H23F2NO2S/c1-3-4-5-15(12-24)20(25)18(21(26-2)16-8-9-27-13-16)10-14-6-7-17(22)11-19(14)23/h3-7,12-14,20,25H,1,8-10,24H2,2H3/b5-4-,15-12+,21-18+. The van der Waals surface area contributed by atoms with Crippen molar-refractivity contribution in [2.45, 2.75) is 18.9 Å². The van der Waals surface area contributed by atoms with E-state index in [4.69, 9.17) is 10.5 Å². The molecule has 1 heterocycles. The first-order valence-electron chi connectivity index (χ1n) is 8.48. The lowest BCUT2D eigenvalue weighted by Gasteiger charge is -2.23. The average Bonchev–Trinajstić information content (AvgIpc) is 3.18. The number of rotatable bonds is 8. The lowest BCUT2D eigenvalue weighted by Crippen LogP contribution is -2.20. The Kier molecular flexibility index (Phi) is 7.92. The largest absolute Gasteiger partial charge is 0.496 e. The number of hydrogen-bond donors (Lipinski definition) is 2. The molecule has 144 valence electrons. The molecule has 0 radical (unpaired) electrons. The van der Waals surface area contributed by atoms with E-state index >= 15 is 0 Å². The zero-order valence-electron chi connectivity index (χ0n) is 15.1. The molecule has 0 aromatic rings. The van der Waals surface area contributed by atoms with Gasteiger partial charge in [0.05, 0.1) is 7.11 Å². The van der Waals surface area contributed by atoms with Gasteiger partial charge < -0.3 is 15.6 Å². The van der Waals surface area contributed by atoms with E-state index in [9.17, 15) is 13.9 Å². The van der Waals surface area contributed by atoms with Crippen LogP contribution in [0.15, 0.2) is 88.4 Å². The van der Waals surface area contributed by atoms with Gasteiger partial charge in [-0.3, -0.25) is 0 Å². The summed E-state index contributed by atoms with van der Waals surface area (Å²) >= 11 is 1.65. The Morgan fingerprint density at radius 1 is 1.56 bits per heavy atom. The van der Waals surface area contributed by atoms with Crippen molar-refractivity contribution in [3.05, 3.63) is 88.4 Å². The van der Waals surface area contributed by atoms with Crippen LogP contribution in [0.2, 0.25) is 0 Å². The summed E-state index contributed by atoms with van der Waals surface area (Å²) < 4.78 is 33.0. The summed E-state index contributed by atoms with van der Waals surface area (Å²) in [6, 6.07) is 0. The predicted molar refractivity (Wildman–Crippen MR) is 107 cm³/mol. The van der Waals surface area contributed by atoms with Crippen LogP contribution in [0.3, 0.4) is 0 Å². The molecule has 0 aromatic carbocycles. The van der Waals surface area contributed by atoms with Crippen molar-refractivity contribution in [2.75, 3.05) is 12.9 Å². The summed E-state index contributed by atoms with van der Waals surface area (Å²) in [6.07, 6.45) is 8.50. The molecule has 1 aliphatic carbocycles. The van der Waals surface area contributed by atoms with Crippen molar-refractivity contribution in [3.8, 4) is 0 Å². The summed E-state index contributed by atoms with van der Waals surface area (Å²) in [5, 5.41) is 12.9. The SMILES string of the molecule is C=C/C=C\C(=C/N)C(O)/C(CC1C=CC(F)=C=C1F)=C(/OC)C1=CSCC1. The molecule has 0 spiro atoms. The molecule has 0 aromatic heterocycles. The molecule has 3 N–H and O–H groups in total. The Morgan fingerprint density at radius 2 is 2.33 bits per heavy atom. The van der Waals surface area contributed by atoms with Crippen LogP contribution in [-0.2, 0) is 4.74 Å². The van der Waals surface area contributed by atoms with Gasteiger partial charge in [0, 0.05) is 34.6 Å². The smallest absolute Gasteiger partial charge is 0.167 e. The van der Waals surface area contributed by atoms with Crippen LogP contribution < -0.4 is 5.73 Å². The van der Waals surface area contributed by atoms with E-state index in [0.29, 0.717) is 16.9 Å². The fourth-order valence-corrected chi connectivity index (χ4v) is 3.78. The maximum absolute atomic E-state index is 14.2. The van der Waals surface area contributed by atoms with E-state index in [1.54, 1.807) is 30.0 Å². The van der Waals surface area contributed by atoms with Gasteiger partial charge in [0.15, 0.2) is 11.7 Å². The number of thioether (sulfide) groups is 1. The first-order chi connectivity index (χ1) is 13.0. The van der Waals surface area contributed by atoms with Gasteiger partial charge >= 0.3 is 0 Å². The Labute approximate surface area is 162 Å². The van der Waals surface area contributed by atoms with Crippen molar-refractivity contribution in [3.63, 3.8) is 0 Å². The van der Waals surface area contributed by atoms with Crippen LogP contribution in [0.25, 0.3) is 0 Å². The summed E-state index contributed by atoms with van der Waals surface area (Å²) in [5.41, 5.74) is 9.58. The molecule has 0 saturated heterocycles. The molecule has 0 amide bonds. The monoisotopic (exact) mass is 391 g/mol. The second-order valence-electron chi connectivity index (χ2n) is 5.98.